The van der Waals surface area contributed by atoms with Gasteiger partial charge in [0.15, 0.2) is 0 Å². The number of benzene rings is 1. The van der Waals surface area contributed by atoms with Crippen molar-refractivity contribution in [3.63, 3.8) is 0 Å². The molecule has 1 aromatic carbocycles. The van der Waals surface area contributed by atoms with Gasteiger partial charge in [-0.2, -0.15) is 0 Å². The smallest absolute Gasteiger partial charge is 0.256 e. The molecule has 1 rings (SSSR count). The summed E-state index contributed by atoms with van der Waals surface area (Å²) in [5.74, 6) is 1.22. The minimum absolute atomic E-state index is 0.118. The molecule has 0 saturated carbocycles. The largest absolute Gasteiger partial charge is 0.493 e. The Kier molecular flexibility index (Phi) is 6.88. The molecular formula is C18H29NO3. The molecule has 1 atom stereocenters. The van der Waals surface area contributed by atoms with E-state index in [2.05, 4.69) is 19.2 Å². The molecule has 4 heteroatoms. The molecule has 4 nitrogen and oxygen atoms in total. The predicted octanol–water partition coefficient (Wildman–Crippen LogP) is 4.17. The van der Waals surface area contributed by atoms with Gasteiger partial charge in [0.25, 0.3) is 5.91 Å². The summed E-state index contributed by atoms with van der Waals surface area (Å²) in [6.45, 7) is 10.7. The zero-order chi connectivity index (χ0) is 16.8. The summed E-state index contributed by atoms with van der Waals surface area (Å²) in [4.78, 5) is 12.4. The van der Waals surface area contributed by atoms with Crippen LogP contribution < -0.4 is 10.1 Å². The van der Waals surface area contributed by atoms with Gasteiger partial charge < -0.3 is 14.8 Å². The maximum atomic E-state index is 12.4. The van der Waals surface area contributed by atoms with Crippen LogP contribution in [0.5, 0.6) is 5.75 Å². The quantitative estimate of drug-likeness (QED) is 0.784. The molecule has 0 spiro atoms. The molecule has 0 aliphatic rings. The average molecular weight is 307 g/mol. The van der Waals surface area contributed by atoms with E-state index >= 15 is 0 Å². The van der Waals surface area contributed by atoms with E-state index in [1.165, 1.54) is 0 Å². The first-order valence-corrected chi connectivity index (χ1v) is 7.92. The van der Waals surface area contributed by atoms with Crippen molar-refractivity contribution in [1.29, 1.82) is 0 Å². The minimum Gasteiger partial charge on any atom is -0.493 e. The molecule has 0 unspecified atom stereocenters. The molecule has 124 valence electrons. The van der Waals surface area contributed by atoms with Crippen molar-refractivity contribution < 1.29 is 14.3 Å². The molecule has 0 bridgehead atoms. The third kappa shape index (κ3) is 5.02. The zero-order valence-electron chi connectivity index (χ0n) is 14.7. The highest BCUT2D eigenvalue weighted by molar-refractivity contribution is 5.97. The van der Waals surface area contributed by atoms with Crippen LogP contribution in [0.4, 0.5) is 5.69 Å². The summed E-state index contributed by atoms with van der Waals surface area (Å²) < 4.78 is 11.1. The number of nitrogens with one attached hydrogen (secondary N) is 1. The Morgan fingerprint density at radius 3 is 2.55 bits per heavy atom. The third-order valence-corrected chi connectivity index (χ3v) is 3.66. The Morgan fingerprint density at radius 2 is 2.05 bits per heavy atom. The molecule has 0 aliphatic heterocycles. The predicted molar refractivity (Wildman–Crippen MR) is 90.5 cm³/mol. The van der Waals surface area contributed by atoms with Gasteiger partial charge in [-0.1, -0.05) is 27.2 Å². The second-order valence-corrected chi connectivity index (χ2v) is 6.32. The van der Waals surface area contributed by atoms with Gasteiger partial charge in [0.2, 0.25) is 0 Å². The van der Waals surface area contributed by atoms with E-state index in [9.17, 15) is 4.79 Å². The number of amides is 1. The first-order chi connectivity index (χ1) is 10.3. The first-order valence-electron chi connectivity index (χ1n) is 7.92. The van der Waals surface area contributed by atoms with Gasteiger partial charge >= 0.3 is 0 Å². The van der Waals surface area contributed by atoms with Crippen LogP contribution in [0.1, 0.15) is 46.1 Å². The van der Waals surface area contributed by atoms with Crippen molar-refractivity contribution >= 4 is 11.6 Å². The van der Waals surface area contributed by atoms with Crippen LogP contribution in [-0.2, 0) is 9.53 Å². The molecule has 1 N–H and O–H groups in total. The second-order valence-electron chi connectivity index (χ2n) is 6.32. The number of hydrogen-bond acceptors (Lipinski definition) is 3. The molecule has 22 heavy (non-hydrogen) atoms. The van der Waals surface area contributed by atoms with Crippen LogP contribution in [0, 0.1) is 12.8 Å². The zero-order valence-corrected chi connectivity index (χ0v) is 14.7. The van der Waals surface area contributed by atoms with Gasteiger partial charge in [0.05, 0.1) is 6.61 Å². The van der Waals surface area contributed by atoms with Gasteiger partial charge in [-0.3, -0.25) is 4.79 Å². The number of carbonyl (C=O) groups excluding carboxylic acids is 1. The lowest BCUT2D eigenvalue weighted by atomic mass is 9.99. The van der Waals surface area contributed by atoms with Crippen LogP contribution in [0.3, 0.4) is 0 Å². The summed E-state index contributed by atoms with van der Waals surface area (Å²) in [6, 6.07) is 5.69. The fourth-order valence-corrected chi connectivity index (χ4v) is 2.19. The molecule has 0 aliphatic carbocycles. The fraction of sp³-hybridized carbons (Fsp3) is 0.611. The molecular weight excluding hydrogens is 278 g/mol. The summed E-state index contributed by atoms with van der Waals surface area (Å²) in [5.41, 5.74) is 0.974. The number of hydrogen-bond donors (Lipinski definition) is 1. The number of ether oxygens (including phenoxy) is 2. The fourth-order valence-electron chi connectivity index (χ4n) is 2.19. The Morgan fingerprint density at radius 1 is 1.36 bits per heavy atom. The summed E-state index contributed by atoms with van der Waals surface area (Å²) >= 11 is 0. The van der Waals surface area contributed by atoms with E-state index in [0.29, 0.717) is 18.9 Å². The highest BCUT2D eigenvalue weighted by atomic mass is 16.5. The Labute approximate surface area is 134 Å². The highest BCUT2D eigenvalue weighted by Crippen LogP contribution is 2.24. The molecule has 0 radical (unpaired) electrons. The van der Waals surface area contributed by atoms with Crippen molar-refractivity contribution in [2.45, 2.75) is 53.1 Å². The maximum absolute atomic E-state index is 12.4. The van der Waals surface area contributed by atoms with Crippen molar-refractivity contribution in [1.82, 2.24) is 0 Å². The van der Waals surface area contributed by atoms with Gasteiger partial charge in [-0.25, -0.2) is 0 Å². The Bertz CT molecular complexity index is 499. The monoisotopic (exact) mass is 307 g/mol. The van der Waals surface area contributed by atoms with Crippen LogP contribution in [0.15, 0.2) is 18.2 Å². The lowest BCUT2D eigenvalue weighted by Crippen LogP contribution is -2.41. The Balaban J connectivity index is 2.78. The van der Waals surface area contributed by atoms with Gasteiger partial charge in [0.1, 0.15) is 11.4 Å². The van der Waals surface area contributed by atoms with E-state index in [1.54, 1.807) is 7.11 Å². The Hall–Kier alpha value is -1.55. The number of aryl methyl sites for hydroxylation is 1. The lowest BCUT2D eigenvalue weighted by molar-refractivity contribution is -0.136. The van der Waals surface area contributed by atoms with Crippen molar-refractivity contribution in [2.75, 3.05) is 19.0 Å². The van der Waals surface area contributed by atoms with Gasteiger partial charge in [0, 0.05) is 12.8 Å². The maximum Gasteiger partial charge on any atom is 0.256 e. The number of anilines is 1. The minimum atomic E-state index is -0.796. The van der Waals surface area contributed by atoms with E-state index in [4.69, 9.17) is 9.47 Å². The number of methoxy groups -OCH3 is 1. The molecule has 0 aromatic heterocycles. The molecule has 0 heterocycles. The van der Waals surface area contributed by atoms with E-state index in [0.717, 1.165) is 23.4 Å². The van der Waals surface area contributed by atoms with E-state index in [1.807, 2.05) is 39.0 Å². The van der Waals surface area contributed by atoms with Gasteiger partial charge in [-0.05, 0) is 49.9 Å². The number of rotatable bonds is 8. The van der Waals surface area contributed by atoms with Crippen LogP contribution in [-0.4, -0.2) is 25.2 Å². The van der Waals surface area contributed by atoms with E-state index in [-0.39, 0.29) is 5.91 Å². The van der Waals surface area contributed by atoms with Crippen LogP contribution in [0.25, 0.3) is 0 Å². The lowest BCUT2D eigenvalue weighted by Gasteiger charge is -2.26. The normalized spacial score (nSPS) is 13.8. The topological polar surface area (TPSA) is 47.6 Å². The summed E-state index contributed by atoms with van der Waals surface area (Å²) in [7, 11) is 1.57. The van der Waals surface area contributed by atoms with E-state index < -0.39 is 5.60 Å². The molecule has 1 amide bonds. The second kappa shape index (κ2) is 8.18. The standard InChI is InChI=1S/C18H29NO3/c1-7-10-18(5,21-6)17(20)19-15-8-9-16(14(4)11-15)22-12-13(2)3/h8-9,11,13H,7,10,12H2,1-6H3,(H,19,20)/t18-/m1/s1. The van der Waals surface area contributed by atoms with Crippen molar-refractivity contribution in [2.24, 2.45) is 5.92 Å². The average Bonchev–Trinajstić information content (AvgIpc) is 2.46. The highest BCUT2D eigenvalue weighted by Gasteiger charge is 2.32. The van der Waals surface area contributed by atoms with Gasteiger partial charge in [-0.15, -0.1) is 0 Å². The molecule has 0 saturated heterocycles. The molecule has 0 fully saturated rings. The summed E-state index contributed by atoms with van der Waals surface area (Å²) in [5, 5.41) is 2.93. The summed E-state index contributed by atoms with van der Waals surface area (Å²) in [6.07, 6.45) is 1.57. The third-order valence-electron chi connectivity index (χ3n) is 3.66. The number of carbonyl (C=O) groups is 1. The first kappa shape index (κ1) is 18.5. The van der Waals surface area contributed by atoms with Crippen molar-refractivity contribution in [3.8, 4) is 5.75 Å². The van der Waals surface area contributed by atoms with Crippen LogP contribution in [0.2, 0.25) is 0 Å². The van der Waals surface area contributed by atoms with Crippen LogP contribution >= 0.6 is 0 Å². The molecule has 1 aromatic rings. The SMILES string of the molecule is CCC[C@@](C)(OC)C(=O)Nc1ccc(OCC(C)C)c(C)c1. The van der Waals surface area contributed by atoms with Crippen molar-refractivity contribution in [3.05, 3.63) is 23.8 Å².